The van der Waals surface area contributed by atoms with E-state index in [1.54, 1.807) is 0 Å². The number of hydrogen-bond acceptors (Lipinski definition) is 2. The highest BCUT2D eigenvalue weighted by Crippen LogP contribution is 2.18. The number of amides is 1. The van der Waals surface area contributed by atoms with E-state index in [1.165, 1.54) is 0 Å². The zero-order valence-corrected chi connectivity index (χ0v) is 11.1. The van der Waals surface area contributed by atoms with Crippen LogP contribution >= 0.6 is 0 Å². The minimum absolute atomic E-state index is 0.436. The van der Waals surface area contributed by atoms with Gasteiger partial charge in [-0.2, -0.15) is 0 Å². The fraction of sp³-hybridized carbons (Fsp3) is 0.308. The number of aromatic nitrogens is 1. The van der Waals surface area contributed by atoms with E-state index in [0.29, 0.717) is 0 Å². The van der Waals surface area contributed by atoms with Crippen LogP contribution in [0.2, 0.25) is 0 Å². The van der Waals surface area contributed by atoms with Gasteiger partial charge in [0.2, 0.25) is 0 Å². The molecule has 1 aromatic carbocycles. The minimum atomic E-state index is -0.487. The van der Waals surface area contributed by atoms with Crippen LogP contribution in [0.15, 0.2) is 24.3 Å². The first kappa shape index (κ1) is 12.5. The molecule has 94 valence electrons. The van der Waals surface area contributed by atoms with Crippen LogP contribution in [-0.2, 0) is 4.74 Å². The summed E-state index contributed by atoms with van der Waals surface area (Å²) in [4.78, 5) is 14.9. The summed E-state index contributed by atoms with van der Waals surface area (Å²) in [7, 11) is 2.00. The van der Waals surface area contributed by atoms with Gasteiger partial charge in [-0.15, -0.1) is 0 Å². The molecular weight excluding hydrogens is 227 g/mol. The Hall–Kier alpha value is -1.91. The average molecular weight is 244 g/mol. The smallest absolute Gasteiger partial charge is 0.412 e. The first-order valence-electron chi connectivity index (χ1n) is 5.93. The van der Waals surface area contributed by atoms with Crippen molar-refractivity contribution in [3.05, 3.63) is 24.3 Å². The lowest BCUT2D eigenvalue weighted by molar-refractivity contribution is 0.0636. The number of aromatic amines is 1. The molecule has 0 atom stereocenters. The monoisotopic (exact) mass is 244 g/mol. The van der Waals surface area contributed by atoms with E-state index in [0.717, 1.165) is 22.2 Å². The van der Waals surface area contributed by atoms with Gasteiger partial charge in [0.1, 0.15) is 5.60 Å². The van der Waals surface area contributed by atoms with Gasteiger partial charge in [-0.1, -0.05) is 0 Å². The molecule has 2 N–H and O–H groups in total. The molecule has 1 aromatic heterocycles. The van der Waals surface area contributed by atoms with Gasteiger partial charge in [-0.25, -0.2) is 4.79 Å². The van der Waals surface area contributed by atoms with Gasteiger partial charge < -0.3 is 9.72 Å². The maximum Gasteiger partial charge on any atom is 0.412 e. The molecule has 2 aromatic rings. The van der Waals surface area contributed by atoms with Gasteiger partial charge >= 0.3 is 6.09 Å². The number of carbonyl (C=O) groups is 1. The Morgan fingerprint density at radius 2 is 2.06 bits per heavy atom. The molecule has 0 fully saturated rings. The van der Waals surface area contributed by atoms with Crippen LogP contribution in [0.4, 0.5) is 10.5 Å². The van der Waals surface area contributed by atoms with Gasteiger partial charge in [0.05, 0.1) is 0 Å². The van der Waals surface area contributed by atoms with Gasteiger partial charge in [-0.3, -0.25) is 5.32 Å². The van der Waals surface area contributed by atoms with E-state index in [1.807, 2.05) is 52.9 Å². The SMILES string of the molecule is Bc1cc2cc(NC(=O)OC(C)(C)C)ccc2[nH]1. The summed E-state index contributed by atoms with van der Waals surface area (Å²) in [6.07, 6.45) is -0.436. The molecule has 0 spiro atoms. The molecule has 18 heavy (non-hydrogen) atoms. The lowest BCUT2D eigenvalue weighted by Crippen LogP contribution is -2.27. The fourth-order valence-electron chi connectivity index (χ4n) is 1.78. The van der Waals surface area contributed by atoms with Crippen molar-refractivity contribution in [3.63, 3.8) is 0 Å². The number of anilines is 1. The maximum atomic E-state index is 11.6. The highest BCUT2D eigenvalue weighted by Gasteiger charge is 2.16. The molecule has 0 saturated carbocycles. The van der Waals surface area contributed by atoms with E-state index < -0.39 is 11.7 Å². The Morgan fingerprint density at radius 3 is 2.72 bits per heavy atom. The normalized spacial score (nSPS) is 11.5. The zero-order valence-electron chi connectivity index (χ0n) is 11.1. The number of nitrogens with one attached hydrogen (secondary N) is 2. The average Bonchev–Trinajstić information content (AvgIpc) is 2.53. The molecule has 0 unspecified atom stereocenters. The largest absolute Gasteiger partial charge is 0.444 e. The summed E-state index contributed by atoms with van der Waals surface area (Å²) >= 11 is 0. The minimum Gasteiger partial charge on any atom is -0.444 e. The van der Waals surface area contributed by atoms with E-state index >= 15 is 0 Å². The predicted molar refractivity (Wildman–Crippen MR) is 76.3 cm³/mol. The van der Waals surface area contributed by atoms with Crippen molar-refractivity contribution in [2.75, 3.05) is 5.32 Å². The van der Waals surface area contributed by atoms with Crippen LogP contribution < -0.4 is 10.9 Å². The third-order valence-electron chi connectivity index (χ3n) is 2.40. The van der Waals surface area contributed by atoms with Crippen molar-refractivity contribution in [3.8, 4) is 0 Å². The van der Waals surface area contributed by atoms with Crippen molar-refractivity contribution in [2.24, 2.45) is 0 Å². The summed E-state index contributed by atoms with van der Waals surface area (Å²) in [6.45, 7) is 5.52. The Labute approximate surface area is 107 Å². The van der Waals surface area contributed by atoms with Crippen molar-refractivity contribution in [1.82, 2.24) is 4.98 Å². The van der Waals surface area contributed by atoms with Crippen LogP contribution in [0, 0.1) is 0 Å². The van der Waals surface area contributed by atoms with Crippen LogP contribution in [0.3, 0.4) is 0 Å². The number of fused-ring (bicyclic) bond motifs is 1. The first-order chi connectivity index (χ1) is 8.33. The molecule has 0 bridgehead atoms. The van der Waals surface area contributed by atoms with Gasteiger partial charge in [-0.05, 0) is 50.6 Å². The molecule has 0 aliphatic carbocycles. The van der Waals surface area contributed by atoms with Crippen LogP contribution in [-0.4, -0.2) is 24.5 Å². The Morgan fingerprint density at radius 1 is 1.33 bits per heavy atom. The summed E-state index contributed by atoms with van der Waals surface area (Å²) < 4.78 is 5.20. The molecule has 0 aliphatic heterocycles. The molecular formula is C13H17BN2O2. The number of ether oxygens (including phenoxy) is 1. The second kappa shape index (κ2) is 4.40. The summed E-state index contributed by atoms with van der Waals surface area (Å²) in [5.41, 5.74) is 2.40. The summed E-state index contributed by atoms with van der Waals surface area (Å²) in [5, 5.41) is 3.80. The quantitative estimate of drug-likeness (QED) is 0.751. The number of benzene rings is 1. The van der Waals surface area contributed by atoms with E-state index in [4.69, 9.17) is 4.74 Å². The lowest BCUT2D eigenvalue weighted by atomic mass is 10.1. The highest BCUT2D eigenvalue weighted by atomic mass is 16.6. The van der Waals surface area contributed by atoms with Crippen molar-refractivity contribution in [1.29, 1.82) is 0 Å². The van der Waals surface area contributed by atoms with E-state index in [-0.39, 0.29) is 0 Å². The van der Waals surface area contributed by atoms with Gasteiger partial charge in [0.25, 0.3) is 0 Å². The second-order valence-corrected chi connectivity index (χ2v) is 5.38. The predicted octanol–water partition coefficient (Wildman–Crippen LogP) is 1.77. The Bertz CT molecular complexity index is 584. The third-order valence-corrected chi connectivity index (χ3v) is 2.40. The second-order valence-electron chi connectivity index (χ2n) is 5.38. The Kier molecular flexibility index (Phi) is 3.07. The van der Waals surface area contributed by atoms with Gasteiger partial charge in [0.15, 0.2) is 7.85 Å². The highest BCUT2D eigenvalue weighted by molar-refractivity contribution is 6.32. The summed E-state index contributed by atoms with van der Waals surface area (Å²) in [6, 6.07) is 7.75. The fourth-order valence-corrected chi connectivity index (χ4v) is 1.78. The standard InChI is InChI=1S/C13H17BN2O2/c1-13(2,3)18-12(17)15-9-4-5-10-8(6-9)7-11(14)16-10/h4-7,16H,14H2,1-3H3,(H,15,17). The molecule has 0 saturated heterocycles. The Balaban J connectivity index is 2.14. The number of rotatable bonds is 1. The molecule has 2 rings (SSSR count). The molecule has 0 aliphatic rings. The van der Waals surface area contributed by atoms with E-state index in [9.17, 15) is 4.79 Å². The zero-order chi connectivity index (χ0) is 13.3. The molecule has 1 amide bonds. The van der Waals surface area contributed by atoms with Crippen molar-refractivity contribution >= 4 is 36.1 Å². The third kappa shape index (κ3) is 3.06. The van der Waals surface area contributed by atoms with Crippen LogP contribution in [0.1, 0.15) is 20.8 Å². The summed E-state index contributed by atoms with van der Waals surface area (Å²) in [5.74, 6) is 0. The molecule has 0 radical (unpaired) electrons. The lowest BCUT2D eigenvalue weighted by Gasteiger charge is -2.19. The molecule has 4 nitrogen and oxygen atoms in total. The van der Waals surface area contributed by atoms with E-state index in [2.05, 4.69) is 10.3 Å². The van der Waals surface area contributed by atoms with Crippen molar-refractivity contribution in [2.45, 2.75) is 26.4 Å². The number of H-pyrrole nitrogens is 1. The molecule has 1 heterocycles. The van der Waals surface area contributed by atoms with Crippen LogP contribution in [0.5, 0.6) is 0 Å². The van der Waals surface area contributed by atoms with Crippen LogP contribution in [0.25, 0.3) is 10.9 Å². The first-order valence-corrected chi connectivity index (χ1v) is 5.93. The van der Waals surface area contributed by atoms with Gasteiger partial charge in [0, 0.05) is 16.6 Å². The molecule has 5 heteroatoms. The van der Waals surface area contributed by atoms with Crippen molar-refractivity contribution < 1.29 is 9.53 Å². The maximum absolute atomic E-state index is 11.6. The number of carbonyl (C=O) groups excluding carboxylic acids is 1. The number of hydrogen-bond donors (Lipinski definition) is 2. The topological polar surface area (TPSA) is 54.1 Å².